The molecule has 0 atom stereocenters. The minimum Gasteiger partial charge on any atom is -0.463 e. The van der Waals surface area contributed by atoms with Crippen LogP contribution < -0.4 is 10.0 Å². The van der Waals surface area contributed by atoms with Crippen LogP contribution in [0, 0.1) is 0 Å². The number of para-hydroxylation sites is 1. The zero-order chi connectivity index (χ0) is 24.3. The Bertz CT molecular complexity index is 1490. The highest BCUT2D eigenvalue weighted by Crippen LogP contribution is 2.26. The number of nitrogens with one attached hydrogen (secondary N) is 2. The lowest BCUT2D eigenvalue weighted by atomic mass is 10.1. The summed E-state index contributed by atoms with van der Waals surface area (Å²) in [7, 11) is -3.75. The highest BCUT2D eigenvalue weighted by Gasteiger charge is 2.18. The largest absolute Gasteiger partial charge is 0.463 e. The highest BCUT2D eigenvalue weighted by atomic mass is 32.2. The molecule has 1 amide bonds. The Balaban J connectivity index is 1.37. The Morgan fingerprint density at radius 3 is 2.57 bits per heavy atom. The van der Waals surface area contributed by atoms with Gasteiger partial charge in [0.25, 0.3) is 15.9 Å². The molecule has 0 saturated carbocycles. The first kappa shape index (κ1) is 22.8. The summed E-state index contributed by atoms with van der Waals surface area (Å²) >= 11 is 0. The van der Waals surface area contributed by atoms with Crippen molar-refractivity contribution in [3.63, 3.8) is 0 Å². The van der Waals surface area contributed by atoms with E-state index in [1.807, 2.05) is 24.3 Å². The van der Waals surface area contributed by atoms with Gasteiger partial charge in [-0.05, 0) is 61.4 Å². The predicted molar refractivity (Wildman–Crippen MR) is 135 cm³/mol. The van der Waals surface area contributed by atoms with Crippen LogP contribution in [-0.4, -0.2) is 31.7 Å². The van der Waals surface area contributed by atoms with E-state index in [9.17, 15) is 13.2 Å². The molecule has 9 heteroatoms. The first-order valence-corrected chi connectivity index (χ1v) is 12.9. The molecule has 0 bridgehead atoms. The fourth-order valence-electron chi connectivity index (χ4n) is 4.00. The van der Waals surface area contributed by atoms with Crippen LogP contribution in [0.3, 0.4) is 0 Å². The molecule has 5 rings (SSSR count). The molecule has 0 aliphatic carbocycles. The molecule has 2 N–H and O–H groups in total. The lowest BCUT2D eigenvalue weighted by molar-refractivity contribution is 0.102. The molecule has 4 aromatic rings. The van der Waals surface area contributed by atoms with E-state index in [1.165, 1.54) is 12.1 Å². The number of benzene rings is 2. The van der Waals surface area contributed by atoms with E-state index in [1.54, 1.807) is 36.6 Å². The van der Waals surface area contributed by atoms with Gasteiger partial charge in [-0.1, -0.05) is 24.6 Å². The van der Waals surface area contributed by atoms with Gasteiger partial charge in [-0.2, -0.15) is 0 Å². The standard InChI is InChI=1S/C26H24N4O4S/c31-26(21-17-23(24-9-6-16-34-24)29-22-8-4-3-7-20(21)22)28-18-11-13-19(14-12-18)35(32,33)30-25-10-2-1-5-15-27-25/h3-4,6-9,11-14,16-17H,1-2,5,10,15H2,(H,27,30)(H,28,31). The first-order chi connectivity index (χ1) is 17.0. The number of amidine groups is 1. The summed E-state index contributed by atoms with van der Waals surface area (Å²) in [5.74, 6) is 0.722. The fraction of sp³-hybridized carbons (Fsp3) is 0.192. The SMILES string of the molecule is O=C(Nc1ccc(S(=O)(=O)NC2=NCCCCC2)cc1)c1cc(-c2ccco2)nc2ccccc12. The zero-order valence-corrected chi connectivity index (χ0v) is 19.7. The zero-order valence-electron chi connectivity index (χ0n) is 18.9. The van der Waals surface area contributed by atoms with Crippen molar-refractivity contribution >= 4 is 38.4 Å². The van der Waals surface area contributed by atoms with Crippen LogP contribution in [0.4, 0.5) is 5.69 Å². The number of fused-ring (bicyclic) bond motifs is 1. The summed E-state index contributed by atoms with van der Waals surface area (Å²) in [6.07, 6.45) is 5.10. The van der Waals surface area contributed by atoms with Crippen molar-refractivity contribution in [2.75, 3.05) is 11.9 Å². The minimum atomic E-state index is -3.75. The maximum atomic E-state index is 13.2. The van der Waals surface area contributed by atoms with Gasteiger partial charge in [-0.25, -0.2) is 13.4 Å². The molecule has 35 heavy (non-hydrogen) atoms. The topological polar surface area (TPSA) is 114 Å². The number of carbonyl (C=O) groups excluding carboxylic acids is 1. The van der Waals surface area contributed by atoms with Gasteiger partial charge in [0, 0.05) is 24.0 Å². The smallest absolute Gasteiger partial charge is 0.262 e. The summed E-state index contributed by atoms with van der Waals surface area (Å²) < 4.78 is 33.6. The Hall–Kier alpha value is -3.98. The number of hydrogen-bond acceptors (Lipinski definition) is 6. The van der Waals surface area contributed by atoms with E-state index in [0.29, 0.717) is 52.4 Å². The monoisotopic (exact) mass is 488 g/mol. The van der Waals surface area contributed by atoms with Crippen molar-refractivity contribution < 1.29 is 17.6 Å². The van der Waals surface area contributed by atoms with Crippen molar-refractivity contribution in [3.05, 3.63) is 78.6 Å². The Morgan fingerprint density at radius 1 is 0.943 bits per heavy atom. The van der Waals surface area contributed by atoms with E-state index < -0.39 is 10.0 Å². The van der Waals surface area contributed by atoms with Gasteiger partial charge in [-0.3, -0.25) is 14.5 Å². The second kappa shape index (κ2) is 9.71. The van der Waals surface area contributed by atoms with Crippen molar-refractivity contribution in [2.45, 2.75) is 30.6 Å². The van der Waals surface area contributed by atoms with E-state index in [2.05, 4.69) is 20.0 Å². The quantitative estimate of drug-likeness (QED) is 0.410. The van der Waals surface area contributed by atoms with Gasteiger partial charge in [0.2, 0.25) is 0 Å². The van der Waals surface area contributed by atoms with E-state index in [-0.39, 0.29) is 10.8 Å². The number of anilines is 1. The molecule has 3 heterocycles. The van der Waals surface area contributed by atoms with Gasteiger partial charge >= 0.3 is 0 Å². The number of aromatic nitrogens is 1. The summed E-state index contributed by atoms with van der Waals surface area (Å²) in [4.78, 5) is 22.3. The van der Waals surface area contributed by atoms with Crippen molar-refractivity contribution in [2.24, 2.45) is 4.99 Å². The van der Waals surface area contributed by atoms with Crippen molar-refractivity contribution in [1.82, 2.24) is 9.71 Å². The number of aliphatic imine (C=N–C) groups is 1. The second-order valence-electron chi connectivity index (χ2n) is 8.27. The van der Waals surface area contributed by atoms with Gasteiger partial charge in [0.15, 0.2) is 5.76 Å². The molecule has 0 saturated heterocycles. The predicted octanol–water partition coefficient (Wildman–Crippen LogP) is 5.00. The average Bonchev–Trinajstić information content (AvgIpc) is 3.29. The van der Waals surface area contributed by atoms with Crippen LogP contribution in [-0.2, 0) is 10.0 Å². The lowest BCUT2D eigenvalue weighted by Crippen LogP contribution is -2.30. The number of rotatable bonds is 5. The number of amides is 1. The average molecular weight is 489 g/mol. The Kier molecular flexibility index (Phi) is 6.33. The molecule has 178 valence electrons. The molecule has 0 fully saturated rings. The van der Waals surface area contributed by atoms with Crippen molar-refractivity contribution in [3.8, 4) is 11.5 Å². The maximum Gasteiger partial charge on any atom is 0.262 e. The van der Waals surface area contributed by atoms with Crippen LogP contribution in [0.1, 0.15) is 36.0 Å². The molecule has 1 aliphatic heterocycles. The van der Waals surface area contributed by atoms with E-state index in [0.717, 1.165) is 19.3 Å². The molecule has 0 spiro atoms. The van der Waals surface area contributed by atoms with Crippen LogP contribution >= 0.6 is 0 Å². The number of pyridine rings is 1. The lowest BCUT2D eigenvalue weighted by Gasteiger charge is -2.12. The third-order valence-electron chi connectivity index (χ3n) is 5.78. The molecule has 0 unspecified atom stereocenters. The van der Waals surface area contributed by atoms with Crippen LogP contribution in [0.2, 0.25) is 0 Å². The van der Waals surface area contributed by atoms with Crippen molar-refractivity contribution in [1.29, 1.82) is 0 Å². The number of nitrogens with zero attached hydrogens (tertiary/aromatic N) is 2. The minimum absolute atomic E-state index is 0.108. The molecular weight excluding hydrogens is 464 g/mol. The van der Waals surface area contributed by atoms with Gasteiger partial charge in [0.1, 0.15) is 11.5 Å². The Morgan fingerprint density at radius 2 is 1.77 bits per heavy atom. The van der Waals surface area contributed by atoms with E-state index >= 15 is 0 Å². The Labute approximate surface area is 203 Å². The van der Waals surface area contributed by atoms with Gasteiger partial charge in [-0.15, -0.1) is 0 Å². The van der Waals surface area contributed by atoms with Crippen LogP contribution in [0.25, 0.3) is 22.4 Å². The third-order valence-corrected chi connectivity index (χ3v) is 7.18. The molecule has 0 radical (unpaired) electrons. The van der Waals surface area contributed by atoms with Crippen LogP contribution in [0.15, 0.2) is 87.3 Å². The number of carbonyl (C=O) groups is 1. The third kappa shape index (κ3) is 5.09. The van der Waals surface area contributed by atoms with E-state index in [4.69, 9.17) is 4.42 Å². The number of hydrogen-bond donors (Lipinski definition) is 2. The summed E-state index contributed by atoms with van der Waals surface area (Å²) in [6, 6.07) is 18.7. The fourth-order valence-corrected chi connectivity index (χ4v) is 5.09. The summed E-state index contributed by atoms with van der Waals surface area (Å²) in [5.41, 5.74) is 2.13. The molecule has 8 nitrogen and oxygen atoms in total. The van der Waals surface area contributed by atoms with Crippen LogP contribution in [0.5, 0.6) is 0 Å². The van der Waals surface area contributed by atoms with Gasteiger partial charge in [0.05, 0.1) is 22.2 Å². The maximum absolute atomic E-state index is 13.2. The summed E-state index contributed by atoms with van der Waals surface area (Å²) in [6.45, 7) is 0.633. The second-order valence-corrected chi connectivity index (χ2v) is 9.95. The molecule has 2 aromatic heterocycles. The molecule has 1 aliphatic rings. The highest BCUT2D eigenvalue weighted by molar-refractivity contribution is 7.90. The molecule has 2 aromatic carbocycles. The summed E-state index contributed by atoms with van der Waals surface area (Å²) in [5, 5.41) is 3.56. The molecular formula is C26H24N4O4S. The number of furan rings is 1. The number of sulfonamides is 1. The first-order valence-electron chi connectivity index (χ1n) is 11.4. The normalized spacial score (nSPS) is 14.2. The van der Waals surface area contributed by atoms with Gasteiger partial charge < -0.3 is 9.73 Å².